The molecule has 17 heavy (non-hydrogen) atoms. The van der Waals surface area contributed by atoms with Crippen LogP contribution in [0.1, 0.15) is 23.3 Å². The van der Waals surface area contributed by atoms with Crippen LogP contribution in [0.4, 0.5) is 0 Å². The average molecular weight is 257 g/mol. The van der Waals surface area contributed by atoms with Gasteiger partial charge in [0.05, 0.1) is 11.7 Å². The average Bonchev–Trinajstić information content (AvgIpc) is 2.69. The molecule has 8 heteroatoms. The van der Waals surface area contributed by atoms with Crippen LogP contribution in [0.5, 0.6) is 0 Å². The highest BCUT2D eigenvalue weighted by atomic mass is 32.1. The normalized spacial score (nSPS) is 12.1. The minimum atomic E-state index is -0.644. The van der Waals surface area contributed by atoms with Crippen LogP contribution in [-0.4, -0.2) is 29.3 Å². The van der Waals surface area contributed by atoms with E-state index in [1.165, 1.54) is 5.38 Å². The molecule has 0 aliphatic rings. The maximum atomic E-state index is 11.7. The number of Topliss-reactive ketones (excluding diaryl/α,β-unsaturated/α-hetero) is 1. The van der Waals surface area contributed by atoms with Gasteiger partial charge >= 0.3 is 4.87 Å². The molecule has 0 radical (unpaired) electrons. The molecule has 0 fully saturated rings. The quantitative estimate of drug-likeness (QED) is 0.224. The second-order valence-corrected chi connectivity index (χ2v) is 4.32. The van der Waals surface area contributed by atoms with Gasteiger partial charge in [-0.1, -0.05) is 11.3 Å². The van der Waals surface area contributed by atoms with Gasteiger partial charge in [0, 0.05) is 11.9 Å². The number of nitrogens with two attached hydrogens (primary N) is 3. The van der Waals surface area contributed by atoms with Crippen molar-refractivity contribution in [1.29, 1.82) is 0 Å². The van der Waals surface area contributed by atoms with Crippen molar-refractivity contribution >= 4 is 23.1 Å². The lowest BCUT2D eigenvalue weighted by Gasteiger charge is -2.07. The standard InChI is InChI=1S/C9H15N5O2S/c10-5(2-1-3-13-8(11)12)7(15)6-4-17-9(16)14-6/h4-5H,1-3,10H2,(H,14,16)(H4,11,12,13)/t5-/m0/s1. The predicted octanol–water partition coefficient (Wildman–Crippen LogP) is -1.000. The molecule has 0 saturated heterocycles. The van der Waals surface area contributed by atoms with Crippen molar-refractivity contribution in [1.82, 2.24) is 4.98 Å². The molecule has 7 N–H and O–H groups in total. The van der Waals surface area contributed by atoms with Gasteiger partial charge in [-0.2, -0.15) is 0 Å². The van der Waals surface area contributed by atoms with Crippen LogP contribution in [0.2, 0.25) is 0 Å². The SMILES string of the molecule is NC(N)=NCCC[C@H](N)C(=O)c1csc(=O)[nH]1. The predicted molar refractivity (Wildman–Crippen MR) is 67.2 cm³/mol. The second kappa shape index (κ2) is 6.16. The van der Waals surface area contributed by atoms with E-state index in [1.807, 2.05) is 0 Å². The largest absolute Gasteiger partial charge is 0.370 e. The number of aliphatic imine (C=N–C) groups is 1. The molecule has 0 aliphatic carbocycles. The van der Waals surface area contributed by atoms with Gasteiger partial charge in [0.15, 0.2) is 11.7 Å². The Hall–Kier alpha value is -1.67. The number of nitrogens with one attached hydrogen (secondary N) is 1. The fraction of sp³-hybridized carbons (Fsp3) is 0.444. The number of carbonyl (C=O) groups excluding carboxylic acids is 1. The first kappa shape index (κ1) is 13.4. The van der Waals surface area contributed by atoms with E-state index in [2.05, 4.69) is 9.98 Å². The van der Waals surface area contributed by atoms with E-state index in [0.717, 1.165) is 11.3 Å². The Labute approximate surface area is 102 Å². The van der Waals surface area contributed by atoms with Crippen molar-refractivity contribution in [3.8, 4) is 0 Å². The van der Waals surface area contributed by atoms with Crippen LogP contribution in [-0.2, 0) is 0 Å². The van der Waals surface area contributed by atoms with Gasteiger partial charge in [-0.15, -0.1) is 0 Å². The minimum Gasteiger partial charge on any atom is -0.370 e. The zero-order valence-corrected chi connectivity index (χ0v) is 10.00. The van der Waals surface area contributed by atoms with Crippen molar-refractivity contribution in [2.75, 3.05) is 6.54 Å². The van der Waals surface area contributed by atoms with Gasteiger partial charge in [0.25, 0.3) is 0 Å². The maximum Gasteiger partial charge on any atom is 0.305 e. The minimum absolute atomic E-state index is 0.0204. The molecule has 1 heterocycles. The first-order chi connectivity index (χ1) is 8.00. The van der Waals surface area contributed by atoms with Crippen LogP contribution < -0.4 is 22.1 Å². The molecule has 0 amide bonds. The molecule has 0 bridgehead atoms. The summed E-state index contributed by atoms with van der Waals surface area (Å²) in [4.78, 5) is 28.5. The van der Waals surface area contributed by atoms with E-state index in [4.69, 9.17) is 17.2 Å². The topological polar surface area (TPSA) is 140 Å². The van der Waals surface area contributed by atoms with Gasteiger partial charge in [0.1, 0.15) is 0 Å². The van der Waals surface area contributed by atoms with Crippen LogP contribution in [0, 0.1) is 0 Å². The summed E-state index contributed by atoms with van der Waals surface area (Å²) in [5, 5.41) is 1.47. The summed E-state index contributed by atoms with van der Waals surface area (Å²) >= 11 is 0.940. The summed E-state index contributed by atoms with van der Waals surface area (Å²) in [5.74, 6) is -0.250. The molecule has 1 atom stereocenters. The lowest BCUT2D eigenvalue weighted by atomic mass is 10.1. The van der Waals surface area contributed by atoms with E-state index in [1.54, 1.807) is 0 Å². The van der Waals surface area contributed by atoms with E-state index in [9.17, 15) is 9.59 Å². The molecular weight excluding hydrogens is 242 g/mol. The summed E-state index contributed by atoms with van der Waals surface area (Å²) < 4.78 is 0. The maximum absolute atomic E-state index is 11.7. The lowest BCUT2D eigenvalue weighted by Crippen LogP contribution is -2.31. The molecule has 1 rings (SSSR count). The number of carbonyl (C=O) groups is 1. The number of aromatic amines is 1. The number of hydrogen-bond acceptors (Lipinski definition) is 5. The molecule has 0 aliphatic heterocycles. The first-order valence-corrected chi connectivity index (χ1v) is 5.91. The van der Waals surface area contributed by atoms with Gasteiger partial charge in [0.2, 0.25) is 0 Å². The highest BCUT2D eigenvalue weighted by molar-refractivity contribution is 7.07. The number of guanidine groups is 1. The highest BCUT2D eigenvalue weighted by Gasteiger charge is 2.16. The highest BCUT2D eigenvalue weighted by Crippen LogP contribution is 2.04. The number of aromatic nitrogens is 1. The van der Waals surface area contributed by atoms with Crippen LogP contribution in [0.25, 0.3) is 0 Å². The summed E-state index contributed by atoms with van der Waals surface area (Å²) in [6.45, 7) is 0.434. The molecule has 0 aromatic carbocycles. The molecule has 0 spiro atoms. The fourth-order valence-electron chi connectivity index (χ4n) is 1.25. The van der Waals surface area contributed by atoms with E-state index < -0.39 is 6.04 Å². The molecule has 1 aromatic heterocycles. The summed E-state index contributed by atoms with van der Waals surface area (Å²) in [5.41, 5.74) is 16.3. The van der Waals surface area contributed by atoms with Gasteiger partial charge in [-0.3, -0.25) is 14.6 Å². The van der Waals surface area contributed by atoms with Crippen LogP contribution in [0.3, 0.4) is 0 Å². The molecule has 0 unspecified atom stereocenters. The van der Waals surface area contributed by atoms with Gasteiger partial charge in [-0.05, 0) is 12.8 Å². The molecule has 7 nitrogen and oxygen atoms in total. The zero-order chi connectivity index (χ0) is 12.8. The molecule has 94 valence electrons. The lowest BCUT2D eigenvalue weighted by molar-refractivity contribution is 0.0952. The monoisotopic (exact) mass is 257 g/mol. The first-order valence-electron chi connectivity index (χ1n) is 5.03. The van der Waals surface area contributed by atoms with Gasteiger partial charge < -0.3 is 22.2 Å². The van der Waals surface area contributed by atoms with E-state index >= 15 is 0 Å². The van der Waals surface area contributed by atoms with Crippen molar-refractivity contribution in [3.63, 3.8) is 0 Å². The Morgan fingerprint density at radius 1 is 1.53 bits per heavy atom. The second-order valence-electron chi connectivity index (χ2n) is 3.48. The van der Waals surface area contributed by atoms with Crippen molar-refractivity contribution in [2.45, 2.75) is 18.9 Å². The van der Waals surface area contributed by atoms with Crippen molar-refractivity contribution in [2.24, 2.45) is 22.2 Å². The van der Waals surface area contributed by atoms with Crippen LogP contribution >= 0.6 is 11.3 Å². The Morgan fingerprint density at radius 2 is 2.24 bits per heavy atom. The number of nitrogens with zero attached hydrogens (tertiary/aromatic N) is 1. The van der Waals surface area contributed by atoms with E-state index in [0.29, 0.717) is 19.4 Å². The van der Waals surface area contributed by atoms with Crippen LogP contribution in [0.15, 0.2) is 15.2 Å². The zero-order valence-electron chi connectivity index (χ0n) is 9.18. The Kier molecular flexibility index (Phi) is 4.85. The third kappa shape index (κ3) is 4.37. The summed E-state index contributed by atoms with van der Waals surface area (Å²) in [7, 11) is 0. The Balaban J connectivity index is 2.43. The number of rotatable bonds is 6. The Morgan fingerprint density at radius 3 is 2.76 bits per heavy atom. The third-order valence-corrected chi connectivity index (χ3v) is 2.76. The summed E-state index contributed by atoms with van der Waals surface area (Å²) in [6.07, 6.45) is 1.08. The fourth-order valence-corrected chi connectivity index (χ4v) is 1.82. The Bertz CT molecular complexity index is 460. The number of hydrogen-bond donors (Lipinski definition) is 4. The molecule has 0 saturated carbocycles. The van der Waals surface area contributed by atoms with Crippen molar-refractivity contribution in [3.05, 3.63) is 20.7 Å². The van der Waals surface area contributed by atoms with Crippen molar-refractivity contribution < 1.29 is 4.79 Å². The smallest absolute Gasteiger partial charge is 0.305 e. The van der Waals surface area contributed by atoms with Gasteiger partial charge in [-0.25, -0.2) is 0 Å². The molecule has 1 aromatic rings. The number of thiazole rings is 1. The van der Waals surface area contributed by atoms with E-state index in [-0.39, 0.29) is 22.3 Å². The molecular formula is C9H15N5O2S. The summed E-state index contributed by atoms with van der Waals surface area (Å²) in [6, 6.07) is -0.644. The number of ketones is 1. The number of H-pyrrole nitrogens is 1. The third-order valence-electron chi connectivity index (χ3n) is 2.09.